The normalized spacial score (nSPS) is 10.9. The van der Waals surface area contributed by atoms with Crippen LogP contribution in [-0.4, -0.2) is 11.6 Å². The Bertz CT molecular complexity index is 522. The molecule has 4 heteroatoms. The van der Waals surface area contributed by atoms with E-state index in [1.54, 1.807) is 11.3 Å². The van der Waals surface area contributed by atoms with Crippen molar-refractivity contribution >= 4 is 24.0 Å². The number of aromatic nitrogens is 1. The fraction of sp³-hybridized carbons (Fsp3) is 0.400. The highest BCUT2D eigenvalue weighted by Crippen LogP contribution is 2.26. The van der Waals surface area contributed by atoms with Crippen LogP contribution in [0.3, 0.4) is 0 Å². The molecule has 19 heavy (non-hydrogen) atoms. The van der Waals surface area contributed by atoms with Gasteiger partial charge >= 0.3 is 0 Å². The second-order valence-electron chi connectivity index (χ2n) is 4.68. The molecule has 0 unspecified atom stereocenters. The zero-order chi connectivity index (χ0) is 13.7. The predicted octanol–water partition coefficient (Wildman–Crippen LogP) is 4.32. The third-order valence-electron chi connectivity index (χ3n) is 2.88. The molecule has 1 heterocycles. The first-order chi connectivity index (χ1) is 9.20. The molecule has 0 aliphatic carbocycles. The van der Waals surface area contributed by atoms with Crippen LogP contribution in [-0.2, 0) is 12.2 Å². The molecule has 1 aromatic carbocycles. The van der Waals surface area contributed by atoms with Gasteiger partial charge in [0.15, 0.2) is 0 Å². The predicted molar refractivity (Wildman–Crippen MR) is 84.5 cm³/mol. The highest BCUT2D eigenvalue weighted by atomic mass is 32.1. The van der Waals surface area contributed by atoms with Gasteiger partial charge in [0.2, 0.25) is 0 Å². The first-order valence-electron chi connectivity index (χ1n) is 6.46. The zero-order valence-corrected chi connectivity index (χ0v) is 13.0. The summed E-state index contributed by atoms with van der Waals surface area (Å²) in [6.07, 6.45) is 0.852. The third-order valence-corrected chi connectivity index (χ3v) is 4.16. The summed E-state index contributed by atoms with van der Waals surface area (Å²) in [6, 6.07) is 8.24. The Hall–Kier alpha value is -1.000. The molecule has 0 fully saturated rings. The van der Waals surface area contributed by atoms with Crippen LogP contribution in [0.5, 0.6) is 5.75 Å². The van der Waals surface area contributed by atoms with Gasteiger partial charge in [0.25, 0.3) is 0 Å². The van der Waals surface area contributed by atoms with Crippen molar-refractivity contribution in [3.8, 4) is 5.75 Å². The summed E-state index contributed by atoms with van der Waals surface area (Å²) in [7, 11) is 0. The van der Waals surface area contributed by atoms with Gasteiger partial charge < -0.3 is 4.74 Å². The van der Waals surface area contributed by atoms with Crippen LogP contribution in [0.4, 0.5) is 0 Å². The monoisotopic (exact) mass is 293 g/mol. The first kappa shape index (κ1) is 14.4. The first-order valence-corrected chi connectivity index (χ1v) is 7.97. The van der Waals surface area contributed by atoms with Gasteiger partial charge in [-0.1, -0.05) is 32.0 Å². The lowest BCUT2D eigenvalue weighted by atomic mass is 10.0. The summed E-state index contributed by atoms with van der Waals surface area (Å²) in [6.45, 7) is 5.03. The minimum atomic E-state index is 0.479. The van der Waals surface area contributed by atoms with Crippen molar-refractivity contribution in [2.45, 2.75) is 31.9 Å². The van der Waals surface area contributed by atoms with E-state index in [1.807, 2.05) is 12.1 Å². The van der Waals surface area contributed by atoms with Crippen LogP contribution >= 0.6 is 24.0 Å². The molecule has 0 atom stereocenters. The van der Waals surface area contributed by atoms with E-state index in [0.717, 1.165) is 22.9 Å². The number of nitrogens with zero attached hydrogens (tertiary/aromatic N) is 1. The Morgan fingerprint density at radius 2 is 2.11 bits per heavy atom. The van der Waals surface area contributed by atoms with Crippen molar-refractivity contribution in [1.82, 2.24) is 4.98 Å². The van der Waals surface area contributed by atoms with E-state index in [2.05, 4.69) is 49.0 Å². The molecule has 0 saturated heterocycles. The maximum absolute atomic E-state index is 5.89. The van der Waals surface area contributed by atoms with E-state index in [9.17, 15) is 0 Å². The van der Waals surface area contributed by atoms with Gasteiger partial charge in [-0.25, -0.2) is 4.98 Å². The highest BCUT2D eigenvalue weighted by Gasteiger charge is 2.07. The molecule has 2 rings (SSSR count). The van der Waals surface area contributed by atoms with E-state index < -0.39 is 0 Å². The second-order valence-corrected chi connectivity index (χ2v) is 5.94. The Labute approximate surface area is 124 Å². The van der Waals surface area contributed by atoms with Gasteiger partial charge in [-0.05, 0) is 17.5 Å². The minimum absolute atomic E-state index is 0.479. The minimum Gasteiger partial charge on any atom is -0.493 e. The largest absolute Gasteiger partial charge is 0.493 e. The number of ether oxygens (including phenoxy) is 1. The third kappa shape index (κ3) is 3.98. The van der Waals surface area contributed by atoms with Gasteiger partial charge in [-0.3, -0.25) is 0 Å². The van der Waals surface area contributed by atoms with Gasteiger partial charge in [0.1, 0.15) is 5.75 Å². The molecular weight excluding hydrogens is 274 g/mol. The summed E-state index contributed by atoms with van der Waals surface area (Å²) in [5.41, 5.74) is 2.31. The lowest BCUT2D eigenvalue weighted by molar-refractivity contribution is 0.317. The number of thiazole rings is 1. The summed E-state index contributed by atoms with van der Waals surface area (Å²) < 4.78 is 5.89. The van der Waals surface area contributed by atoms with Crippen molar-refractivity contribution in [1.29, 1.82) is 0 Å². The van der Waals surface area contributed by atoms with Gasteiger partial charge in [0.05, 0.1) is 17.3 Å². The van der Waals surface area contributed by atoms with Gasteiger partial charge in [-0.15, -0.1) is 11.3 Å². The highest BCUT2D eigenvalue weighted by molar-refractivity contribution is 7.79. The summed E-state index contributed by atoms with van der Waals surface area (Å²) in [5.74, 6) is 2.17. The van der Waals surface area contributed by atoms with Gasteiger partial charge in [0, 0.05) is 17.6 Å². The van der Waals surface area contributed by atoms with E-state index in [1.165, 1.54) is 5.56 Å². The van der Waals surface area contributed by atoms with Crippen LogP contribution < -0.4 is 4.74 Å². The Morgan fingerprint density at radius 3 is 2.79 bits per heavy atom. The average Bonchev–Trinajstić information content (AvgIpc) is 2.87. The molecule has 0 aliphatic rings. The molecule has 0 aliphatic heterocycles. The van der Waals surface area contributed by atoms with Crippen LogP contribution in [0.25, 0.3) is 0 Å². The molecule has 2 nitrogen and oxygen atoms in total. The van der Waals surface area contributed by atoms with Crippen molar-refractivity contribution in [2.75, 3.05) is 6.61 Å². The molecular formula is C15H19NOS2. The van der Waals surface area contributed by atoms with Crippen LogP contribution in [0.1, 0.15) is 36.0 Å². The van der Waals surface area contributed by atoms with Crippen molar-refractivity contribution < 1.29 is 4.74 Å². The average molecular weight is 293 g/mol. The number of para-hydroxylation sites is 1. The quantitative estimate of drug-likeness (QED) is 0.801. The molecule has 0 bridgehead atoms. The topological polar surface area (TPSA) is 22.1 Å². The van der Waals surface area contributed by atoms with Crippen LogP contribution in [0.2, 0.25) is 0 Å². The molecule has 0 N–H and O–H groups in total. The lowest BCUT2D eigenvalue weighted by Gasteiger charge is -2.13. The SMILES string of the molecule is CC(C)c1ccccc1OCCc1nc(CS)cs1. The summed E-state index contributed by atoms with van der Waals surface area (Å²) >= 11 is 5.90. The molecule has 102 valence electrons. The fourth-order valence-electron chi connectivity index (χ4n) is 1.87. The van der Waals surface area contributed by atoms with Crippen molar-refractivity contribution in [3.05, 3.63) is 45.9 Å². The number of thiol groups is 1. The van der Waals surface area contributed by atoms with Crippen LogP contribution in [0.15, 0.2) is 29.6 Å². The molecule has 0 amide bonds. The molecule has 0 spiro atoms. The Balaban J connectivity index is 1.92. The van der Waals surface area contributed by atoms with E-state index in [-0.39, 0.29) is 0 Å². The van der Waals surface area contributed by atoms with Crippen molar-refractivity contribution in [3.63, 3.8) is 0 Å². The number of hydrogen-bond acceptors (Lipinski definition) is 4. The molecule has 1 aromatic heterocycles. The lowest BCUT2D eigenvalue weighted by Crippen LogP contribution is -2.04. The molecule has 0 radical (unpaired) electrons. The molecule has 2 aromatic rings. The van der Waals surface area contributed by atoms with Crippen molar-refractivity contribution in [2.24, 2.45) is 0 Å². The number of hydrogen-bond donors (Lipinski definition) is 1. The standard InChI is InChI=1S/C15H19NOS2/c1-11(2)13-5-3-4-6-14(13)17-8-7-15-16-12(9-18)10-19-15/h3-6,10-11,18H,7-9H2,1-2H3. The summed E-state index contributed by atoms with van der Waals surface area (Å²) in [4.78, 5) is 4.48. The van der Waals surface area contributed by atoms with E-state index >= 15 is 0 Å². The maximum atomic E-state index is 5.89. The van der Waals surface area contributed by atoms with E-state index in [0.29, 0.717) is 18.3 Å². The fourth-order valence-corrected chi connectivity index (χ4v) is 2.94. The number of benzene rings is 1. The Morgan fingerprint density at radius 1 is 1.32 bits per heavy atom. The second kappa shape index (κ2) is 6.96. The maximum Gasteiger partial charge on any atom is 0.122 e. The summed E-state index contributed by atoms with van der Waals surface area (Å²) in [5, 5.41) is 3.18. The number of rotatable bonds is 6. The van der Waals surface area contributed by atoms with Gasteiger partial charge in [-0.2, -0.15) is 12.6 Å². The Kier molecular flexibility index (Phi) is 5.28. The zero-order valence-electron chi connectivity index (χ0n) is 11.3. The van der Waals surface area contributed by atoms with E-state index in [4.69, 9.17) is 4.74 Å². The molecule has 0 saturated carbocycles. The smallest absolute Gasteiger partial charge is 0.122 e. The van der Waals surface area contributed by atoms with Crippen LogP contribution in [0, 0.1) is 0 Å².